The van der Waals surface area contributed by atoms with Crippen molar-refractivity contribution in [3.8, 4) is 5.88 Å². The van der Waals surface area contributed by atoms with Crippen molar-refractivity contribution in [3.63, 3.8) is 0 Å². The molecule has 0 aliphatic carbocycles. The fourth-order valence-corrected chi connectivity index (χ4v) is 2.15. The lowest BCUT2D eigenvalue weighted by atomic mass is 10.1. The number of ether oxygens (including phenoxy) is 2. The fraction of sp³-hybridized carbons (Fsp3) is 0.438. The molecule has 1 heterocycles. The number of benzene rings is 1. The number of rotatable bonds is 7. The zero-order valence-electron chi connectivity index (χ0n) is 11.9. The van der Waals surface area contributed by atoms with E-state index in [0.717, 1.165) is 23.1 Å². The number of pyridine rings is 1. The van der Waals surface area contributed by atoms with Gasteiger partial charge in [0.15, 0.2) is 0 Å². The summed E-state index contributed by atoms with van der Waals surface area (Å²) in [4.78, 5) is 4.48. The summed E-state index contributed by atoms with van der Waals surface area (Å²) in [6.45, 7) is 6.07. The van der Waals surface area contributed by atoms with E-state index in [2.05, 4.69) is 18.8 Å². The summed E-state index contributed by atoms with van der Waals surface area (Å²) in [5.74, 6) is 1.59. The van der Waals surface area contributed by atoms with Gasteiger partial charge in [0.05, 0.1) is 12.1 Å². The first-order valence-corrected chi connectivity index (χ1v) is 7.39. The molecule has 0 fully saturated rings. The monoisotopic (exact) mass is 293 g/mol. The van der Waals surface area contributed by atoms with Crippen LogP contribution in [-0.4, -0.2) is 24.8 Å². The third-order valence-electron chi connectivity index (χ3n) is 2.85. The minimum atomic E-state index is 0.448. The highest BCUT2D eigenvalue weighted by atomic mass is 35.5. The zero-order valence-corrected chi connectivity index (χ0v) is 12.7. The van der Waals surface area contributed by atoms with E-state index in [0.29, 0.717) is 30.9 Å². The van der Waals surface area contributed by atoms with Crippen LogP contribution in [-0.2, 0) is 10.6 Å². The summed E-state index contributed by atoms with van der Waals surface area (Å²) in [5, 5.41) is 1.07. The molecule has 0 aliphatic heterocycles. The average molecular weight is 294 g/mol. The first-order chi connectivity index (χ1) is 9.70. The fourth-order valence-electron chi connectivity index (χ4n) is 1.93. The molecule has 20 heavy (non-hydrogen) atoms. The van der Waals surface area contributed by atoms with Crippen LogP contribution in [0.15, 0.2) is 30.3 Å². The lowest BCUT2D eigenvalue weighted by Gasteiger charge is -2.10. The summed E-state index contributed by atoms with van der Waals surface area (Å²) >= 11 is 5.99. The summed E-state index contributed by atoms with van der Waals surface area (Å²) < 4.78 is 11.1. The van der Waals surface area contributed by atoms with Crippen LogP contribution in [0, 0.1) is 5.92 Å². The number of aromatic nitrogens is 1. The molecule has 1 aromatic carbocycles. The van der Waals surface area contributed by atoms with Gasteiger partial charge >= 0.3 is 0 Å². The van der Waals surface area contributed by atoms with Crippen molar-refractivity contribution >= 4 is 22.5 Å². The summed E-state index contributed by atoms with van der Waals surface area (Å²) in [5.41, 5.74) is 1.94. The second kappa shape index (κ2) is 7.46. The zero-order chi connectivity index (χ0) is 14.4. The predicted octanol–water partition coefficient (Wildman–Crippen LogP) is 4.03. The molecule has 108 valence electrons. The number of nitrogens with zero attached hydrogens (tertiary/aromatic N) is 1. The Bertz CT molecular complexity index is 557. The molecule has 0 amide bonds. The maximum Gasteiger partial charge on any atom is 0.214 e. The summed E-state index contributed by atoms with van der Waals surface area (Å²) in [6, 6.07) is 9.84. The molecule has 0 N–H and O–H groups in total. The van der Waals surface area contributed by atoms with Crippen LogP contribution in [0.25, 0.3) is 10.9 Å². The van der Waals surface area contributed by atoms with Crippen molar-refractivity contribution < 1.29 is 9.47 Å². The molecule has 4 heteroatoms. The van der Waals surface area contributed by atoms with Gasteiger partial charge < -0.3 is 9.47 Å². The first-order valence-electron chi connectivity index (χ1n) is 6.86. The van der Waals surface area contributed by atoms with E-state index >= 15 is 0 Å². The largest absolute Gasteiger partial charge is 0.475 e. The second-order valence-corrected chi connectivity index (χ2v) is 5.35. The van der Waals surface area contributed by atoms with Gasteiger partial charge in [0.2, 0.25) is 5.88 Å². The van der Waals surface area contributed by atoms with Crippen LogP contribution < -0.4 is 4.74 Å². The van der Waals surface area contributed by atoms with Gasteiger partial charge in [0.25, 0.3) is 0 Å². The van der Waals surface area contributed by atoms with Crippen molar-refractivity contribution in [1.29, 1.82) is 0 Å². The topological polar surface area (TPSA) is 31.4 Å². The van der Waals surface area contributed by atoms with E-state index in [1.165, 1.54) is 0 Å². The Morgan fingerprint density at radius 1 is 1.20 bits per heavy atom. The van der Waals surface area contributed by atoms with E-state index in [1.54, 1.807) is 0 Å². The van der Waals surface area contributed by atoms with E-state index in [1.807, 2.05) is 30.3 Å². The van der Waals surface area contributed by atoms with Crippen LogP contribution in [0.3, 0.4) is 0 Å². The van der Waals surface area contributed by atoms with Crippen molar-refractivity contribution in [2.45, 2.75) is 19.7 Å². The standard InChI is InChI=1S/C16H20ClNO2/c1-12(2)11-19-7-8-20-16-9-13(10-17)14-5-3-4-6-15(14)18-16/h3-6,9,12H,7-8,10-11H2,1-2H3. The molecular formula is C16H20ClNO2. The number of alkyl halides is 1. The Kier molecular flexibility index (Phi) is 5.62. The Balaban J connectivity index is 2.00. The van der Waals surface area contributed by atoms with Crippen molar-refractivity contribution in [1.82, 2.24) is 4.98 Å². The lowest BCUT2D eigenvalue weighted by molar-refractivity contribution is 0.0807. The normalized spacial score (nSPS) is 11.2. The van der Waals surface area contributed by atoms with Gasteiger partial charge in [0.1, 0.15) is 6.61 Å². The quantitative estimate of drug-likeness (QED) is 0.570. The maximum atomic E-state index is 5.99. The van der Waals surface area contributed by atoms with Crippen LogP contribution in [0.5, 0.6) is 5.88 Å². The number of hydrogen-bond donors (Lipinski definition) is 0. The predicted molar refractivity (Wildman–Crippen MR) is 82.5 cm³/mol. The minimum absolute atomic E-state index is 0.448. The number of hydrogen-bond acceptors (Lipinski definition) is 3. The molecule has 0 unspecified atom stereocenters. The highest BCUT2D eigenvalue weighted by Gasteiger charge is 2.05. The number of para-hydroxylation sites is 1. The Morgan fingerprint density at radius 3 is 2.75 bits per heavy atom. The van der Waals surface area contributed by atoms with Crippen molar-refractivity contribution in [3.05, 3.63) is 35.9 Å². The smallest absolute Gasteiger partial charge is 0.214 e. The number of fused-ring (bicyclic) bond motifs is 1. The molecule has 2 rings (SSSR count). The Labute approximate surface area is 124 Å². The SMILES string of the molecule is CC(C)COCCOc1cc(CCl)c2ccccc2n1. The first kappa shape index (κ1) is 15.1. The van der Waals surface area contributed by atoms with Crippen LogP contribution in [0.4, 0.5) is 0 Å². The van der Waals surface area contributed by atoms with Crippen LogP contribution in [0.2, 0.25) is 0 Å². The lowest BCUT2D eigenvalue weighted by Crippen LogP contribution is -2.10. The summed E-state index contributed by atoms with van der Waals surface area (Å²) in [6.07, 6.45) is 0. The summed E-state index contributed by atoms with van der Waals surface area (Å²) in [7, 11) is 0. The molecule has 0 atom stereocenters. The van der Waals surface area contributed by atoms with Gasteiger partial charge in [-0.3, -0.25) is 0 Å². The van der Waals surface area contributed by atoms with E-state index in [-0.39, 0.29) is 0 Å². The van der Waals surface area contributed by atoms with Gasteiger partial charge in [-0.2, -0.15) is 0 Å². The number of halogens is 1. The minimum Gasteiger partial charge on any atom is -0.475 e. The van der Waals surface area contributed by atoms with Crippen LogP contribution >= 0.6 is 11.6 Å². The van der Waals surface area contributed by atoms with E-state index in [9.17, 15) is 0 Å². The Hall–Kier alpha value is -1.32. The van der Waals surface area contributed by atoms with Crippen molar-refractivity contribution in [2.24, 2.45) is 5.92 Å². The molecule has 0 radical (unpaired) electrons. The molecule has 1 aromatic heterocycles. The van der Waals surface area contributed by atoms with E-state index in [4.69, 9.17) is 21.1 Å². The molecule has 0 saturated carbocycles. The van der Waals surface area contributed by atoms with Crippen molar-refractivity contribution in [2.75, 3.05) is 19.8 Å². The molecule has 3 nitrogen and oxygen atoms in total. The van der Waals surface area contributed by atoms with Gasteiger partial charge in [-0.15, -0.1) is 11.6 Å². The van der Waals surface area contributed by atoms with Crippen LogP contribution in [0.1, 0.15) is 19.4 Å². The van der Waals surface area contributed by atoms with Gasteiger partial charge in [-0.1, -0.05) is 32.0 Å². The molecule has 0 saturated heterocycles. The third-order valence-corrected chi connectivity index (χ3v) is 3.14. The molecule has 0 aliphatic rings. The molecule has 0 spiro atoms. The average Bonchev–Trinajstić information content (AvgIpc) is 2.45. The highest BCUT2D eigenvalue weighted by molar-refractivity contribution is 6.18. The molecule has 0 bridgehead atoms. The van der Waals surface area contributed by atoms with Gasteiger partial charge in [-0.25, -0.2) is 4.98 Å². The van der Waals surface area contributed by atoms with E-state index < -0.39 is 0 Å². The van der Waals surface area contributed by atoms with Gasteiger partial charge in [0, 0.05) is 23.9 Å². The Morgan fingerprint density at radius 2 is 2.00 bits per heavy atom. The maximum absolute atomic E-state index is 5.99. The van der Waals surface area contributed by atoms with Gasteiger partial charge in [-0.05, 0) is 17.5 Å². The third kappa shape index (κ3) is 4.09. The molecular weight excluding hydrogens is 274 g/mol. The highest BCUT2D eigenvalue weighted by Crippen LogP contribution is 2.23. The second-order valence-electron chi connectivity index (χ2n) is 5.09. The molecule has 2 aromatic rings.